The quantitative estimate of drug-likeness (QED) is 0.401. The first-order chi connectivity index (χ1) is 7.65. The Morgan fingerprint density at radius 3 is 2.69 bits per heavy atom. The summed E-state index contributed by atoms with van der Waals surface area (Å²) in [5.74, 6) is -0.0478. The summed E-state index contributed by atoms with van der Waals surface area (Å²) >= 11 is 5.05. The molecule has 0 saturated carbocycles. The Labute approximate surface area is 100 Å². The van der Waals surface area contributed by atoms with Crippen LogP contribution in [0.1, 0.15) is 5.56 Å². The van der Waals surface area contributed by atoms with Crippen LogP contribution in [0.2, 0.25) is 0 Å². The van der Waals surface area contributed by atoms with E-state index in [1.807, 2.05) is 12.1 Å². The molecule has 0 radical (unpaired) electrons. The number of thiocarbonyl (C=S) groups is 1. The standard InChI is InChI=1S/C10H15N5S/c1-13-10(16)15(9(11)12)7-4-8-2-5-14-6-3-8/h2-3,5-6H,4,7H2,1H3,(H3,11,12)(H,13,16). The van der Waals surface area contributed by atoms with Crippen LogP contribution in [0.25, 0.3) is 0 Å². The van der Waals surface area contributed by atoms with Gasteiger partial charge in [0, 0.05) is 26.0 Å². The Morgan fingerprint density at radius 1 is 1.56 bits per heavy atom. The second kappa shape index (κ2) is 6.02. The van der Waals surface area contributed by atoms with E-state index in [9.17, 15) is 0 Å². The molecule has 0 saturated heterocycles. The highest BCUT2D eigenvalue weighted by Crippen LogP contribution is 2.00. The van der Waals surface area contributed by atoms with E-state index >= 15 is 0 Å². The smallest absolute Gasteiger partial charge is 0.194 e. The summed E-state index contributed by atoms with van der Waals surface area (Å²) in [6.07, 6.45) is 4.25. The lowest BCUT2D eigenvalue weighted by Crippen LogP contribution is -2.46. The minimum Gasteiger partial charge on any atom is -0.370 e. The lowest BCUT2D eigenvalue weighted by Gasteiger charge is -2.22. The van der Waals surface area contributed by atoms with Crippen molar-refractivity contribution >= 4 is 23.3 Å². The summed E-state index contributed by atoms with van der Waals surface area (Å²) in [5, 5.41) is 10.7. The summed E-state index contributed by atoms with van der Waals surface area (Å²) in [6.45, 7) is 0.582. The lowest BCUT2D eigenvalue weighted by atomic mass is 10.2. The Bertz CT molecular complexity index is 365. The number of nitrogens with zero attached hydrogens (tertiary/aromatic N) is 2. The van der Waals surface area contributed by atoms with Gasteiger partial charge in [-0.2, -0.15) is 0 Å². The molecule has 1 heterocycles. The van der Waals surface area contributed by atoms with Crippen molar-refractivity contribution in [1.29, 1.82) is 5.41 Å². The van der Waals surface area contributed by atoms with E-state index in [4.69, 9.17) is 23.4 Å². The van der Waals surface area contributed by atoms with Crippen LogP contribution < -0.4 is 11.1 Å². The van der Waals surface area contributed by atoms with Gasteiger partial charge in [0.15, 0.2) is 11.1 Å². The van der Waals surface area contributed by atoms with Crippen molar-refractivity contribution in [1.82, 2.24) is 15.2 Å². The molecule has 0 spiro atoms. The molecule has 0 aromatic carbocycles. The van der Waals surface area contributed by atoms with E-state index in [2.05, 4.69) is 10.3 Å². The first kappa shape index (κ1) is 12.4. The zero-order valence-corrected chi connectivity index (χ0v) is 9.92. The highest BCUT2D eigenvalue weighted by molar-refractivity contribution is 7.80. The molecule has 0 atom stereocenters. The minimum atomic E-state index is -0.0478. The van der Waals surface area contributed by atoms with Crippen LogP contribution in [-0.2, 0) is 6.42 Å². The molecule has 0 fully saturated rings. The molecule has 0 aliphatic heterocycles. The number of aromatic nitrogens is 1. The SMILES string of the molecule is CNC(=S)N(CCc1ccncc1)C(=N)N. The molecule has 86 valence electrons. The summed E-state index contributed by atoms with van der Waals surface area (Å²) in [5.41, 5.74) is 6.59. The summed E-state index contributed by atoms with van der Waals surface area (Å²) < 4.78 is 0. The van der Waals surface area contributed by atoms with Crippen molar-refractivity contribution in [3.05, 3.63) is 30.1 Å². The van der Waals surface area contributed by atoms with Crippen LogP contribution in [0, 0.1) is 5.41 Å². The number of rotatable bonds is 3. The molecule has 0 aliphatic carbocycles. The topological polar surface area (TPSA) is 78.0 Å². The van der Waals surface area contributed by atoms with E-state index < -0.39 is 0 Å². The van der Waals surface area contributed by atoms with Gasteiger partial charge < -0.3 is 11.1 Å². The number of guanidine groups is 1. The van der Waals surface area contributed by atoms with Gasteiger partial charge in [-0.15, -0.1) is 0 Å². The largest absolute Gasteiger partial charge is 0.370 e. The summed E-state index contributed by atoms with van der Waals surface area (Å²) in [4.78, 5) is 5.49. The van der Waals surface area contributed by atoms with Crippen molar-refractivity contribution in [3.8, 4) is 0 Å². The summed E-state index contributed by atoms with van der Waals surface area (Å²) in [6, 6.07) is 3.86. The van der Waals surface area contributed by atoms with Crippen molar-refractivity contribution in [2.45, 2.75) is 6.42 Å². The van der Waals surface area contributed by atoms with Gasteiger partial charge in [0.2, 0.25) is 0 Å². The average molecular weight is 237 g/mol. The third-order valence-corrected chi connectivity index (χ3v) is 2.55. The second-order valence-electron chi connectivity index (χ2n) is 3.20. The number of nitrogens with one attached hydrogen (secondary N) is 2. The van der Waals surface area contributed by atoms with Gasteiger partial charge in [0.05, 0.1) is 0 Å². The fourth-order valence-electron chi connectivity index (χ4n) is 1.26. The zero-order valence-electron chi connectivity index (χ0n) is 9.10. The number of hydrogen-bond acceptors (Lipinski definition) is 3. The average Bonchev–Trinajstić information content (AvgIpc) is 2.30. The highest BCUT2D eigenvalue weighted by atomic mass is 32.1. The molecule has 0 amide bonds. The van der Waals surface area contributed by atoms with Crippen LogP contribution >= 0.6 is 12.2 Å². The minimum absolute atomic E-state index is 0.0478. The molecule has 1 aromatic heterocycles. The predicted molar refractivity (Wildman–Crippen MR) is 68.2 cm³/mol. The number of nitrogens with two attached hydrogens (primary N) is 1. The molecule has 1 rings (SSSR count). The van der Waals surface area contributed by atoms with E-state index in [1.165, 1.54) is 0 Å². The third kappa shape index (κ3) is 3.47. The molecule has 16 heavy (non-hydrogen) atoms. The Morgan fingerprint density at radius 2 is 2.19 bits per heavy atom. The van der Waals surface area contributed by atoms with Gasteiger partial charge in [-0.1, -0.05) is 0 Å². The molecule has 0 aliphatic rings. The fraction of sp³-hybridized carbons (Fsp3) is 0.300. The van der Waals surface area contributed by atoms with E-state index in [0.717, 1.165) is 12.0 Å². The van der Waals surface area contributed by atoms with Crippen molar-refractivity contribution in [2.24, 2.45) is 5.73 Å². The van der Waals surface area contributed by atoms with Gasteiger partial charge in [-0.25, -0.2) is 0 Å². The van der Waals surface area contributed by atoms with Crippen molar-refractivity contribution in [2.75, 3.05) is 13.6 Å². The second-order valence-corrected chi connectivity index (χ2v) is 3.58. The molecular weight excluding hydrogens is 222 g/mol. The van der Waals surface area contributed by atoms with Gasteiger partial charge in [-0.3, -0.25) is 15.3 Å². The molecule has 5 nitrogen and oxygen atoms in total. The summed E-state index contributed by atoms with van der Waals surface area (Å²) in [7, 11) is 1.71. The van der Waals surface area contributed by atoms with Crippen LogP contribution in [0.3, 0.4) is 0 Å². The number of pyridine rings is 1. The maximum Gasteiger partial charge on any atom is 0.194 e. The van der Waals surface area contributed by atoms with Crippen LogP contribution in [0.5, 0.6) is 0 Å². The third-order valence-electron chi connectivity index (χ3n) is 2.12. The first-order valence-corrected chi connectivity index (χ1v) is 5.28. The molecular formula is C10H15N5S. The Kier molecular flexibility index (Phi) is 4.65. The predicted octanol–water partition coefficient (Wildman–Crippen LogP) is 0.324. The first-order valence-electron chi connectivity index (χ1n) is 4.87. The van der Waals surface area contributed by atoms with Gasteiger partial charge in [0.1, 0.15) is 0 Å². The van der Waals surface area contributed by atoms with E-state index in [-0.39, 0.29) is 5.96 Å². The molecule has 0 unspecified atom stereocenters. The maximum absolute atomic E-state index is 7.42. The molecule has 6 heteroatoms. The van der Waals surface area contributed by atoms with E-state index in [1.54, 1.807) is 24.3 Å². The van der Waals surface area contributed by atoms with Crippen molar-refractivity contribution in [3.63, 3.8) is 0 Å². The molecule has 1 aromatic rings. The Hall–Kier alpha value is -1.69. The van der Waals surface area contributed by atoms with Gasteiger partial charge in [-0.05, 0) is 36.3 Å². The van der Waals surface area contributed by atoms with Crippen molar-refractivity contribution < 1.29 is 0 Å². The maximum atomic E-state index is 7.42. The number of hydrogen-bond donors (Lipinski definition) is 3. The molecule has 0 bridgehead atoms. The van der Waals surface area contributed by atoms with Crippen LogP contribution in [-0.4, -0.2) is 34.5 Å². The van der Waals surface area contributed by atoms with Crippen LogP contribution in [0.4, 0.5) is 0 Å². The van der Waals surface area contributed by atoms with Gasteiger partial charge in [0.25, 0.3) is 0 Å². The molecule has 4 N–H and O–H groups in total. The van der Waals surface area contributed by atoms with Crippen LogP contribution in [0.15, 0.2) is 24.5 Å². The zero-order chi connectivity index (χ0) is 12.0. The monoisotopic (exact) mass is 237 g/mol. The fourth-order valence-corrected chi connectivity index (χ4v) is 1.45. The highest BCUT2D eigenvalue weighted by Gasteiger charge is 2.10. The van der Waals surface area contributed by atoms with Gasteiger partial charge >= 0.3 is 0 Å². The normalized spacial score (nSPS) is 9.56. The lowest BCUT2D eigenvalue weighted by molar-refractivity contribution is 0.587. The van der Waals surface area contributed by atoms with E-state index in [0.29, 0.717) is 11.7 Å². The Balaban J connectivity index is 2.57.